The summed E-state index contributed by atoms with van der Waals surface area (Å²) in [5.41, 5.74) is 0. The van der Waals surface area contributed by atoms with Crippen LogP contribution in [0.3, 0.4) is 0 Å². The first-order valence-corrected chi connectivity index (χ1v) is 4.52. The van der Waals surface area contributed by atoms with Crippen LogP contribution >= 0.6 is 0 Å². The summed E-state index contributed by atoms with van der Waals surface area (Å²) in [6, 6.07) is 0. The van der Waals surface area contributed by atoms with Gasteiger partial charge < -0.3 is 5.11 Å². The average molecular weight is 215 g/mol. The highest BCUT2D eigenvalue weighted by Crippen LogP contribution is 2.05. The Morgan fingerprint density at radius 3 is 1.43 bits per heavy atom. The van der Waals surface area contributed by atoms with Gasteiger partial charge in [0.2, 0.25) is 0 Å². The standard InChI is InChI=1S/C9H20O.B.3FH/c1-2-3-4-5-6-7-8-9-10;;;;/h10H,2-9H2,1H3;;3*1H. The zero-order valence-electron chi connectivity index (χ0n) is 8.91. The van der Waals surface area contributed by atoms with Crippen LogP contribution in [0, 0.1) is 0 Å². The van der Waals surface area contributed by atoms with E-state index in [0.29, 0.717) is 6.61 Å². The molecular weight excluding hydrogens is 192 g/mol. The van der Waals surface area contributed by atoms with Gasteiger partial charge in [-0.25, -0.2) is 0 Å². The van der Waals surface area contributed by atoms with Crippen molar-refractivity contribution in [1.82, 2.24) is 0 Å². The summed E-state index contributed by atoms with van der Waals surface area (Å²) >= 11 is 0. The third kappa shape index (κ3) is 29.8. The van der Waals surface area contributed by atoms with Crippen LogP contribution in [0.5, 0.6) is 0 Å². The third-order valence-corrected chi connectivity index (χ3v) is 1.76. The second kappa shape index (κ2) is 29.3. The van der Waals surface area contributed by atoms with Crippen LogP contribution in [-0.4, -0.2) is 20.1 Å². The third-order valence-electron chi connectivity index (χ3n) is 1.76. The molecule has 0 aliphatic rings. The molecule has 0 amide bonds. The van der Waals surface area contributed by atoms with Gasteiger partial charge in [-0.05, 0) is 6.42 Å². The molecule has 5 heteroatoms. The molecule has 0 unspecified atom stereocenters. The largest absolute Gasteiger partial charge is 0.396 e. The fraction of sp³-hybridized carbons (Fsp3) is 1.00. The van der Waals surface area contributed by atoms with Gasteiger partial charge in [0.15, 0.2) is 0 Å². The molecule has 0 rings (SSSR count). The lowest BCUT2D eigenvalue weighted by Gasteiger charge is -1.97. The molecular formula is C9H23BF3O. The lowest BCUT2D eigenvalue weighted by Crippen LogP contribution is -1.83. The summed E-state index contributed by atoms with van der Waals surface area (Å²) in [6.45, 7) is 2.60. The smallest absolute Gasteiger partial charge is 0.0431 e. The number of hydrogen-bond acceptors (Lipinski definition) is 1. The highest BCUT2D eigenvalue weighted by Gasteiger charge is 1.88. The Hall–Kier alpha value is -0.185. The van der Waals surface area contributed by atoms with Gasteiger partial charge in [0, 0.05) is 15.0 Å². The normalized spacial score (nSPS) is 7.29. The summed E-state index contributed by atoms with van der Waals surface area (Å²) in [5.74, 6) is 0. The molecule has 0 bridgehead atoms. The predicted octanol–water partition coefficient (Wildman–Crippen LogP) is 2.81. The van der Waals surface area contributed by atoms with Crippen molar-refractivity contribution in [3.8, 4) is 0 Å². The molecule has 14 heavy (non-hydrogen) atoms. The van der Waals surface area contributed by atoms with E-state index in [9.17, 15) is 0 Å². The van der Waals surface area contributed by atoms with Crippen LogP contribution < -0.4 is 0 Å². The number of aliphatic hydroxyl groups excluding tert-OH is 1. The first-order valence-electron chi connectivity index (χ1n) is 4.52. The Bertz CT molecular complexity index is 60.0. The molecule has 0 atom stereocenters. The second-order valence-electron chi connectivity index (χ2n) is 2.84. The molecule has 0 aromatic heterocycles. The van der Waals surface area contributed by atoms with E-state index in [4.69, 9.17) is 5.11 Å². The van der Waals surface area contributed by atoms with E-state index in [0.717, 1.165) is 6.42 Å². The van der Waals surface area contributed by atoms with E-state index >= 15 is 0 Å². The summed E-state index contributed by atoms with van der Waals surface area (Å²) in [6.07, 6.45) is 8.93. The van der Waals surface area contributed by atoms with Gasteiger partial charge >= 0.3 is 0 Å². The second-order valence-corrected chi connectivity index (χ2v) is 2.84. The summed E-state index contributed by atoms with van der Waals surface area (Å²) in [5, 5.41) is 8.47. The number of aliphatic hydroxyl groups is 1. The first kappa shape index (κ1) is 29.2. The molecule has 1 N–H and O–H groups in total. The van der Waals surface area contributed by atoms with Gasteiger partial charge in [0.25, 0.3) is 0 Å². The van der Waals surface area contributed by atoms with Crippen molar-refractivity contribution in [1.29, 1.82) is 0 Å². The van der Waals surface area contributed by atoms with Gasteiger partial charge in [-0.15, -0.1) is 0 Å². The van der Waals surface area contributed by atoms with Crippen LogP contribution in [0.2, 0.25) is 0 Å². The molecule has 0 aromatic carbocycles. The average Bonchev–Trinajstić information content (AvgIpc) is 1.97. The van der Waals surface area contributed by atoms with Gasteiger partial charge in [-0.1, -0.05) is 45.4 Å². The first-order chi connectivity index (χ1) is 4.91. The predicted molar refractivity (Wildman–Crippen MR) is 58.3 cm³/mol. The molecule has 0 aromatic rings. The Kier molecular flexibility index (Phi) is 61.1. The molecule has 0 aliphatic carbocycles. The van der Waals surface area contributed by atoms with E-state index in [-0.39, 0.29) is 22.5 Å². The summed E-state index contributed by atoms with van der Waals surface area (Å²) in [7, 11) is 0. The van der Waals surface area contributed by atoms with Crippen molar-refractivity contribution < 1.29 is 19.2 Å². The quantitative estimate of drug-likeness (QED) is 0.511. The van der Waals surface area contributed by atoms with Gasteiger partial charge in [0.05, 0.1) is 0 Å². The Morgan fingerprint density at radius 2 is 1.07 bits per heavy atom. The molecule has 0 fully saturated rings. The van der Waals surface area contributed by atoms with Crippen LogP contribution in [-0.2, 0) is 0 Å². The van der Waals surface area contributed by atoms with Crippen LogP contribution in [0.4, 0.5) is 14.1 Å². The number of unbranched alkanes of at least 4 members (excludes halogenated alkanes) is 6. The van der Waals surface area contributed by atoms with E-state index in [2.05, 4.69) is 6.92 Å². The minimum atomic E-state index is 0. The highest BCUT2D eigenvalue weighted by molar-refractivity contribution is 5.75. The Balaban J connectivity index is -0.0000000675. The number of hydrogen-bond donors (Lipinski definition) is 1. The summed E-state index contributed by atoms with van der Waals surface area (Å²) < 4.78 is 0. The lowest BCUT2D eigenvalue weighted by atomic mass is 10.1. The topological polar surface area (TPSA) is 20.2 Å². The molecule has 0 heterocycles. The van der Waals surface area contributed by atoms with Crippen LogP contribution in [0.25, 0.3) is 0 Å². The van der Waals surface area contributed by atoms with Gasteiger partial charge in [-0.2, -0.15) is 0 Å². The van der Waals surface area contributed by atoms with Gasteiger partial charge in [-0.3, -0.25) is 14.1 Å². The Morgan fingerprint density at radius 1 is 0.714 bits per heavy atom. The molecule has 0 spiro atoms. The van der Waals surface area contributed by atoms with E-state index in [1.54, 1.807) is 0 Å². The number of halogens is 3. The fourth-order valence-electron chi connectivity index (χ4n) is 1.07. The lowest BCUT2D eigenvalue weighted by molar-refractivity contribution is 0.282. The highest BCUT2D eigenvalue weighted by atomic mass is 19.0. The maximum Gasteiger partial charge on any atom is 0.0431 e. The van der Waals surface area contributed by atoms with Crippen LogP contribution in [0.15, 0.2) is 0 Å². The van der Waals surface area contributed by atoms with Crippen molar-refractivity contribution in [2.24, 2.45) is 0 Å². The Labute approximate surface area is 87.0 Å². The van der Waals surface area contributed by atoms with Crippen LogP contribution in [0.1, 0.15) is 51.9 Å². The monoisotopic (exact) mass is 215 g/mol. The number of rotatable bonds is 7. The van der Waals surface area contributed by atoms with E-state index in [1.807, 2.05) is 0 Å². The van der Waals surface area contributed by atoms with Gasteiger partial charge in [0.1, 0.15) is 0 Å². The SMILES string of the molecule is CCCCCCCCCO.F.F.F.[B]. The van der Waals surface area contributed by atoms with Crippen molar-refractivity contribution >= 4 is 8.41 Å². The zero-order valence-corrected chi connectivity index (χ0v) is 8.91. The maximum absolute atomic E-state index is 8.47. The fourth-order valence-corrected chi connectivity index (χ4v) is 1.07. The van der Waals surface area contributed by atoms with Crippen molar-refractivity contribution in [3.63, 3.8) is 0 Å². The van der Waals surface area contributed by atoms with E-state index in [1.165, 1.54) is 38.5 Å². The van der Waals surface area contributed by atoms with Crippen molar-refractivity contribution in [2.45, 2.75) is 51.9 Å². The zero-order chi connectivity index (χ0) is 7.66. The summed E-state index contributed by atoms with van der Waals surface area (Å²) in [4.78, 5) is 0. The minimum Gasteiger partial charge on any atom is -0.396 e. The van der Waals surface area contributed by atoms with Crippen molar-refractivity contribution in [2.75, 3.05) is 6.61 Å². The minimum absolute atomic E-state index is 0. The molecule has 0 aliphatic heterocycles. The van der Waals surface area contributed by atoms with E-state index < -0.39 is 0 Å². The maximum atomic E-state index is 8.47. The molecule has 1 nitrogen and oxygen atoms in total. The molecule has 3 radical (unpaired) electrons. The molecule has 89 valence electrons. The molecule has 0 saturated carbocycles. The van der Waals surface area contributed by atoms with Crippen molar-refractivity contribution in [3.05, 3.63) is 0 Å². The molecule has 0 saturated heterocycles.